The van der Waals surface area contributed by atoms with E-state index in [9.17, 15) is 10.2 Å². The molecule has 0 radical (unpaired) electrons. The highest BCUT2D eigenvalue weighted by atomic mass is 16.3. The quantitative estimate of drug-likeness (QED) is 0.601. The normalized spacial score (nSPS) is 12.6. The molecule has 90 valence electrons. The zero-order chi connectivity index (χ0) is 12.3. The molecule has 4 N–H and O–H groups in total. The number of aromatic hydroxyl groups is 1. The van der Waals surface area contributed by atoms with Crippen LogP contribution in [0, 0.1) is 0 Å². The number of rotatable bonds is 4. The van der Waals surface area contributed by atoms with Crippen molar-refractivity contribution in [1.29, 1.82) is 0 Å². The number of phenols is 1. The van der Waals surface area contributed by atoms with E-state index in [1.54, 1.807) is 6.07 Å². The van der Waals surface area contributed by atoms with Crippen molar-refractivity contribution in [3.63, 3.8) is 0 Å². The van der Waals surface area contributed by atoms with Gasteiger partial charge in [0.25, 0.3) is 0 Å². The fourth-order valence-electron chi connectivity index (χ4n) is 1.73. The van der Waals surface area contributed by atoms with Crippen molar-refractivity contribution in [3.8, 4) is 5.75 Å². The van der Waals surface area contributed by atoms with Crippen LogP contribution in [0.25, 0.3) is 10.8 Å². The number of fused-ring (bicyclic) bond motifs is 1. The highest BCUT2D eigenvalue weighted by Crippen LogP contribution is 2.31. The first-order valence-electron chi connectivity index (χ1n) is 5.46. The number of hydrogen-bond donors (Lipinski definition) is 4. The van der Waals surface area contributed by atoms with Crippen molar-refractivity contribution in [2.45, 2.75) is 6.10 Å². The van der Waals surface area contributed by atoms with Crippen molar-refractivity contribution in [3.05, 3.63) is 36.4 Å². The molecule has 0 bridgehead atoms. The lowest BCUT2D eigenvalue weighted by Gasteiger charge is -2.14. The number of benzene rings is 2. The van der Waals surface area contributed by atoms with Gasteiger partial charge in [-0.25, -0.2) is 0 Å². The van der Waals surface area contributed by atoms with Crippen LogP contribution in [0.15, 0.2) is 36.4 Å². The Morgan fingerprint density at radius 1 is 1.12 bits per heavy atom. The predicted octanol–water partition coefficient (Wildman–Crippen LogP) is 1.31. The standard InChI is InChI=1S/C13H15NO3/c15-8-10(16)7-14-13-11-4-2-1-3-9(11)5-6-12(13)17/h1-6,10,14-17H,7-8H2. The van der Waals surface area contributed by atoms with Crippen molar-refractivity contribution in [2.75, 3.05) is 18.5 Å². The summed E-state index contributed by atoms with van der Waals surface area (Å²) >= 11 is 0. The second-order valence-electron chi connectivity index (χ2n) is 3.90. The third kappa shape index (κ3) is 2.49. The number of aliphatic hydroxyl groups excluding tert-OH is 2. The first kappa shape index (κ1) is 11.7. The van der Waals surface area contributed by atoms with Gasteiger partial charge in [-0.2, -0.15) is 0 Å². The Hall–Kier alpha value is -1.78. The van der Waals surface area contributed by atoms with Gasteiger partial charge in [-0.15, -0.1) is 0 Å². The zero-order valence-electron chi connectivity index (χ0n) is 9.30. The molecule has 1 unspecified atom stereocenters. The maximum atomic E-state index is 9.79. The van der Waals surface area contributed by atoms with E-state index in [2.05, 4.69) is 5.32 Å². The lowest BCUT2D eigenvalue weighted by atomic mass is 10.1. The molecule has 2 aromatic rings. The predicted molar refractivity (Wildman–Crippen MR) is 67.2 cm³/mol. The minimum Gasteiger partial charge on any atom is -0.506 e. The second-order valence-corrected chi connectivity index (χ2v) is 3.90. The van der Waals surface area contributed by atoms with E-state index in [-0.39, 0.29) is 18.9 Å². The van der Waals surface area contributed by atoms with E-state index in [1.165, 1.54) is 0 Å². The van der Waals surface area contributed by atoms with E-state index < -0.39 is 6.10 Å². The first-order valence-corrected chi connectivity index (χ1v) is 5.46. The molecule has 17 heavy (non-hydrogen) atoms. The molecule has 0 saturated carbocycles. The molecular weight excluding hydrogens is 218 g/mol. The number of hydrogen-bond acceptors (Lipinski definition) is 4. The van der Waals surface area contributed by atoms with Crippen molar-refractivity contribution < 1.29 is 15.3 Å². The van der Waals surface area contributed by atoms with E-state index in [1.807, 2.05) is 30.3 Å². The van der Waals surface area contributed by atoms with Crippen LogP contribution >= 0.6 is 0 Å². The Kier molecular flexibility index (Phi) is 3.46. The molecule has 0 saturated heterocycles. The molecule has 0 aliphatic carbocycles. The largest absolute Gasteiger partial charge is 0.506 e. The minimum atomic E-state index is -0.839. The van der Waals surface area contributed by atoms with Gasteiger partial charge >= 0.3 is 0 Å². The summed E-state index contributed by atoms with van der Waals surface area (Å²) in [7, 11) is 0. The molecule has 2 aromatic carbocycles. The van der Waals surface area contributed by atoms with Crippen LogP contribution in [-0.2, 0) is 0 Å². The highest BCUT2D eigenvalue weighted by molar-refractivity contribution is 5.96. The van der Waals surface area contributed by atoms with Gasteiger partial charge in [-0.1, -0.05) is 30.3 Å². The summed E-state index contributed by atoms with van der Waals surface area (Å²) in [6, 6.07) is 11.1. The maximum absolute atomic E-state index is 9.79. The topological polar surface area (TPSA) is 72.7 Å². The van der Waals surface area contributed by atoms with Crippen LogP contribution in [0.1, 0.15) is 0 Å². The Morgan fingerprint density at radius 2 is 1.88 bits per heavy atom. The molecule has 0 amide bonds. The van der Waals surface area contributed by atoms with Crippen molar-refractivity contribution in [1.82, 2.24) is 0 Å². The average molecular weight is 233 g/mol. The summed E-state index contributed by atoms with van der Waals surface area (Å²) in [6.45, 7) is -0.114. The van der Waals surface area contributed by atoms with Gasteiger partial charge in [0.2, 0.25) is 0 Å². The number of nitrogens with one attached hydrogen (secondary N) is 1. The van der Waals surface area contributed by atoms with Crippen LogP contribution in [0.4, 0.5) is 5.69 Å². The van der Waals surface area contributed by atoms with Gasteiger partial charge in [0.15, 0.2) is 0 Å². The SMILES string of the molecule is OCC(O)CNc1c(O)ccc2ccccc12. The molecule has 0 aliphatic heterocycles. The lowest BCUT2D eigenvalue weighted by Crippen LogP contribution is -2.23. The molecule has 0 spiro atoms. The van der Waals surface area contributed by atoms with Crippen molar-refractivity contribution in [2.24, 2.45) is 0 Å². The summed E-state index contributed by atoms with van der Waals surface area (Å²) in [4.78, 5) is 0. The molecule has 0 aliphatic rings. The van der Waals surface area contributed by atoms with Crippen LogP contribution in [0.3, 0.4) is 0 Å². The van der Waals surface area contributed by atoms with Gasteiger partial charge in [-0.05, 0) is 11.5 Å². The highest BCUT2D eigenvalue weighted by Gasteiger charge is 2.08. The van der Waals surface area contributed by atoms with Crippen molar-refractivity contribution >= 4 is 16.5 Å². The fraction of sp³-hybridized carbons (Fsp3) is 0.231. The molecule has 1 atom stereocenters. The number of aliphatic hydroxyl groups is 2. The van der Waals surface area contributed by atoms with Crippen LogP contribution in [-0.4, -0.2) is 34.6 Å². The third-order valence-corrected chi connectivity index (χ3v) is 2.63. The number of anilines is 1. The molecule has 0 aromatic heterocycles. The van der Waals surface area contributed by atoms with Gasteiger partial charge < -0.3 is 20.6 Å². The zero-order valence-corrected chi connectivity index (χ0v) is 9.30. The van der Waals surface area contributed by atoms with Crippen LogP contribution < -0.4 is 5.32 Å². The molecule has 0 heterocycles. The molecular formula is C13H15NO3. The van der Waals surface area contributed by atoms with Crippen LogP contribution in [0.2, 0.25) is 0 Å². The second kappa shape index (κ2) is 5.03. The Balaban J connectivity index is 2.34. The fourth-order valence-corrected chi connectivity index (χ4v) is 1.73. The minimum absolute atomic E-state index is 0.133. The van der Waals surface area contributed by atoms with Gasteiger partial charge in [0, 0.05) is 11.9 Å². The molecule has 0 fully saturated rings. The van der Waals surface area contributed by atoms with Crippen LogP contribution in [0.5, 0.6) is 5.75 Å². The smallest absolute Gasteiger partial charge is 0.139 e. The number of phenolic OH excluding ortho intramolecular Hbond substituents is 1. The monoisotopic (exact) mass is 233 g/mol. The van der Waals surface area contributed by atoms with E-state index in [0.717, 1.165) is 10.8 Å². The maximum Gasteiger partial charge on any atom is 0.139 e. The van der Waals surface area contributed by atoms with Gasteiger partial charge in [-0.3, -0.25) is 0 Å². The van der Waals surface area contributed by atoms with E-state index >= 15 is 0 Å². The Morgan fingerprint density at radius 3 is 2.65 bits per heavy atom. The lowest BCUT2D eigenvalue weighted by molar-refractivity contribution is 0.105. The summed E-state index contributed by atoms with van der Waals surface area (Å²) < 4.78 is 0. The summed E-state index contributed by atoms with van der Waals surface area (Å²) in [5, 5.41) is 32.7. The molecule has 4 heteroatoms. The van der Waals surface area contributed by atoms with Gasteiger partial charge in [0.1, 0.15) is 5.75 Å². The van der Waals surface area contributed by atoms with E-state index in [4.69, 9.17) is 5.11 Å². The van der Waals surface area contributed by atoms with E-state index in [0.29, 0.717) is 5.69 Å². The average Bonchev–Trinajstić information content (AvgIpc) is 2.37. The Bertz CT molecular complexity index is 513. The first-order chi connectivity index (χ1) is 8.22. The Labute approximate surface area is 99.1 Å². The third-order valence-electron chi connectivity index (χ3n) is 2.63. The summed E-state index contributed by atoms with van der Waals surface area (Å²) in [5.74, 6) is 0.133. The molecule has 2 rings (SSSR count). The summed E-state index contributed by atoms with van der Waals surface area (Å²) in [6.07, 6.45) is -0.839. The summed E-state index contributed by atoms with van der Waals surface area (Å²) in [5.41, 5.74) is 0.579. The molecule has 4 nitrogen and oxygen atoms in total. The van der Waals surface area contributed by atoms with Gasteiger partial charge in [0.05, 0.1) is 18.4 Å².